The molecule has 9 nitrogen and oxygen atoms in total. The lowest BCUT2D eigenvalue weighted by Crippen LogP contribution is -2.14. The van der Waals surface area contributed by atoms with E-state index in [9.17, 15) is 10.1 Å². The van der Waals surface area contributed by atoms with Crippen LogP contribution in [0.1, 0.15) is 5.69 Å². The zero-order chi connectivity index (χ0) is 22.8. The topological polar surface area (TPSA) is 97.2 Å². The van der Waals surface area contributed by atoms with Gasteiger partial charge < -0.3 is 19.6 Å². The monoisotopic (exact) mass is 453 g/mol. The fraction of sp³-hybridized carbons (Fsp3) is 0.182. The van der Waals surface area contributed by atoms with Crippen molar-refractivity contribution < 1.29 is 14.4 Å². The van der Waals surface area contributed by atoms with Crippen LogP contribution >= 0.6 is 11.6 Å². The van der Waals surface area contributed by atoms with E-state index in [1.54, 1.807) is 25.8 Å². The summed E-state index contributed by atoms with van der Waals surface area (Å²) in [6.45, 7) is 1.86. The maximum Gasteiger partial charge on any atom is 0.390 e. The molecule has 32 heavy (non-hydrogen) atoms. The number of ether oxygens (including phenoxy) is 2. The van der Waals surface area contributed by atoms with Crippen LogP contribution in [0.5, 0.6) is 11.5 Å². The highest BCUT2D eigenvalue weighted by atomic mass is 35.5. The van der Waals surface area contributed by atoms with Gasteiger partial charge >= 0.3 is 5.82 Å². The van der Waals surface area contributed by atoms with Crippen LogP contribution in [0.2, 0.25) is 5.02 Å². The molecule has 10 heteroatoms. The quantitative estimate of drug-likeness (QED) is 0.294. The van der Waals surface area contributed by atoms with E-state index in [0.29, 0.717) is 33.6 Å². The summed E-state index contributed by atoms with van der Waals surface area (Å²) in [6.07, 6.45) is 0. The summed E-state index contributed by atoms with van der Waals surface area (Å²) in [6, 6.07) is 16.3. The maximum atomic E-state index is 11.2. The van der Waals surface area contributed by atoms with E-state index in [2.05, 4.69) is 5.10 Å². The third-order valence-electron chi connectivity index (χ3n) is 5.04. The minimum Gasteiger partial charge on any atom is -0.496 e. The minimum atomic E-state index is -0.527. The van der Waals surface area contributed by atoms with Crippen LogP contribution < -0.4 is 9.47 Å². The van der Waals surface area contributed by atoms with Crippen molar-refractivity contribution in [3.8, 4) is 34.0 Å². The van der Waals surface area contributed by atoms with Crippen LogP contribution in [0.3, 0.4) is 0 Å². The molecule has 0 atom stereocenters. The maximum absolute atomic E-state index is 11.2. The molecule has 0 fully saturated rings. The second-order valence-corrected chi connectivity index (χ2v) is 7.33. The molecule has 0 spiro atoms. The van der Waals surface area contributed by atoms with E-state index in [0.717, 1.165) is 11.1 Å². The lowest BCUT2D eigenvalue weighted by atomic mass is 10.1. The highest BCUT2D eigenvalue weighted by Crippen LogP contribution is 2.42. The van der Waals surface area contributed by atoms with Gasteiger partial charge in [0.05, 0.1) is 41.8 Å². The molecule has 0 aliphatic heterocycles. The minimum absolute atomic E-state index is 0.113. The van der Waals surface area contributed by atoms with E-state index in [4.69, 9.17) is 26.2 Å². The average molecular weight is 454 g/mol. The Morgan fingerprint density at radius 2 is 1.56 bits per heavy atom. The molecule has 164 valence electrons. The van der Waals surface area contributed by atoms with Gasteiger partial charge in [-0.25, -0.2) is 4.68 Å². The average Bonchev–Trinajstić information content (AvgIpc) is 3.33. The van der Waals surface area contributed by atoms with Crippen LogP contribution in [0.15, 0.2) is 54.6 Å². The fourth-order valence-electron chi connectivity index (χ4n) is 3.50. The molecule has 4 rings (SSSR count). The van der Waals surface area contributed by atoms with Gasteiger partial charge in [-0.05, 0) is 36.1 Å². The first-order valence-corrected chi connectivity index (χ1v) is 10.0. The zero-order valence-electron chi connectivity index (χ0n) is 17.7. The SMILES string of the molecule is COc1ccccc1-c1nn(Cn2nc([N+](=O)[O-])cc2C)c(-c2ccccc2OC)c1Cl. The Morgan fingerprint density at radius 1 is 0.969 bits per heavy atom. The lowest BCUT2D eigenvalue weighted by molar-refractivity contribution is -0.389. The second kappa shape index (κ2) is 8.72. The van der Waals surface area contributed by atoms with Crippen LogP contribution in [-0.4, -0.2) is 38.7 Å². The number of hydrogen-bond acceptors (Lipinski definition) is 6. The number of nitro groups is 1. The number of methoxy groups -OCH3 is 2. The molecule has 4 aromatic rings. The summed E-state index contributed by atoms with van der Waals surface area (Å²) < 4.78 is 14.2. The van der Waals surface area contributed by atoms with E-state index in [1.165, 1.54) is 10.7 Å². The molecule has 0 bridgehead atoms. The predicted molar refractivity (Wildman–Crippen MR) is 120 cm³/mol. The summed E-state index contributed by atoms with van der Waals surface area (Å²) in [7, 11) is 3.16. The molecule has 2 heterocycles. The molecular weight excluding hydrogens is 434 g/mol. The van der Waals surface area contributed by atoms with Crippen LogP contribution in [0.25, 0.3) is 22.5 Å². The van der Waals surface area contributed by atoms with Crippen molar-refractivity contribution in [1.29, 1.82) is 0 Å². The second-order valence-electron chi connectivity index (χ2n) is 6.95. The largest absolute Gasteiger partial charge is 0.496 e. The van der Waals surface area contributed by atoms with Crippen molar-refractivity contribution in [3.63, 3.8) is 0 Å². The van der Waals surface area contributed by atoms with E-state index in [-0.39, 0.29) is 12.5 Å². The number of nitrogens with zero attached hydrogens (tertiary/aromatic N) is 5. The van der Waals surface area contributed by atoms with Gasteiger partial charge in [0.2, 0.25) is 0 Å². The Labute approximate surface area is 188 Å². The van der Waals surface area contributed by atoms with Gasteiger partial charge in [0.1, 0.15) is 17.2 Å². The molecule has 2 aromatic heterocycles. The highest BCUT2D eigenvalue weighted by Gasteiger charge is 2.25. The van der Waals surface area contributed by atoms with Gasteiger partial charge in [-0.2, -0.15) is 9.78 Å². The normalized spacial score (nSPS) is 10.9. The number of aromatic nitrogens is 4. The Hall–Kier alpha value is -3.85. The van der Waals surface area contributed by atoms with Crippen molar-refractivity contribution in [2.24, 2.45) is 0 Å². The summed E-state index contributed by atoms with van der Waals surface area (Å²) in [5.41, 5.74) is 3.19. The third-order valence-corrected chi connectivity index (χ3v) is 5.40. The third kappa shape index (κ3) is 3.78. The number of rotatable bonds is 7. The van der Waals surface area contributed by atoms with Gasteiger partial charge in [0.15, 0.2) is 6.67 Å². The molecule has 0 radical (unpaired) electrons. The standard InChI is InChI=1S/C22H20ClN5O4/c1-14-12-19(28(29)30)24-26(14)13-27-22(16-9-5-7-11-18(16)32-3)20(23)21(25-27)15-8-4-6-10-17(15)31-2/h4-12H,13H2,1-3H3. The highest BCUT2D eigenvalue weighted by molar-refractivity contribution is 6.35. The van der Waals surface area contributed by atoms with Crippen LogP contribution in [0, 0.1) is 17.0 Å². The molecule has 0 aliphatic rings. The van der Waals surface area contributed by atoms with Gasteiger partial charge in [-0.15, -0.1) is 0 Å². The first kappa shape index (κ1) is 21.4. The van der Waals surface area contributed by atoms with Crippen molar-refractivity contribution in [2.75, 3.05) is 14.2 Å². The molecule has 0 unspecified atom stereocenters. The van der Waals surface area contributed by atoms with Crippen molar-refractivity contribution in [1.82, 2.24) is 19.6 Å². The number of para-hydroxylation sites is 2. The Balaban J connectivity index is 1.93. The molecule has 0 aliphatic carbocycles. The van der Waals surface area contributed by atoms with E-state index in [1.807, 2.05) is 48.5 Å². The Morgan fingerprint density at radius 3 is 2.16 bits per heavy atom. The summed E-state index contributed by atoms with van der Waals surface area (Å²) in [5, 5.41) is 20.4. The number of aryl methyl sites for hydroxylation is 1. The van der Waals surface area contributed by atoms with E-state index >= 15 is 0 Å². The van der Waals surface area contributed by atoms with Gasteiger partial charge in [-0.3, -0.25) is 0 Å². The summed E-state index contributed by atoms with van der Waals surface area (Å²) >= 11 is 6.89. The van der Waals surface area contributed by atoms with Gasteiger partial charge in [0.25, 0.3) is 0 Å². The molecule has 0 N–H and O–H groups in total. The molecule has 0 saturated heterocycles. The predicted octanol–water partition coefficient (Wildman–Crippen LogP) is 4.81. The summed E-state index contributed by atoms with van der Waals surface area (Å²) in [4.78, 5) is 10.6. The number of halogens is 1. The summed E-state index contributed by atoms with van der Waals surface area (Å²) in [5.74, 6) is 1.01. The lowest BCUT2D eigenvalue weighted by Gasteiger charge is -2.11. The van der Waals surface area contributed by atoms with Crippen molar-refractivity contribution in [2.45, 2.75) is 13.6 Å². The molecule has 0 amide bonds. The van der Waals surface area contributed by atoms with Crippen molar-refractivity contribution in [3.05, 3.63) is 75.4 Å². The first-order valence-electron chi connectivity index (χ1n) is 9.66. The van der Waals surface area contributed by atoms with Crippen LogP contribution in [0.4, 0.5) is 5.82 Å². The molecular formula is C22H20ClN5O4. The zero-order valence-corrected chi connectivity index (χ0v) is 18.4. The Bertz CT molecular complexity index is 1300. The molecule has 2 aromatic carbocycles. The Kier molecular flexibility index (Phi) is 5.83. The van der Waals surface area contributed by atoms with Crippen molar-refractivity contribution >= 4 is 17.4 Å². The van der Waals surface area contributed by atoms with Gasteiger partial charge in [-0.1, -0.05) is 35.9 Å². The molecule has 0 saturated carbocycles. The number of hydrogen-bond donors (Lipinski definition) is 0. The first-order chi connectivity index (χ1) is 15.4. The number of benzene rings is 2. The van der Waals surface area contributed by atoms with Crippen LogP contribution in [-0.2, 0) is 6.67 Å². The van der Waals surface area contributed by atoms with E-state index < -0.39 is 4.92 Å². The smallest absolute Gasteiger partial charge is 0.390 e. The fourth-order valence-corrected chi connectivity index (χ4v) is 3.84. The van der Waals surface area contributed by atoms with Gasteiger partial charge in [0, 0.05) is 11.1 Å².